The fourth-order valence-electron chi connectivity index (χ4n) is 1.74. The quantitative estimate of drug-likeness (QED) is 0.878. The molecule has 0 saturated heterocycles. The summed E-state index contributed by atoms with van der Waals surface area (Å²) >= 11 is 3.39. The topological polar surface area (TPSA) is 75.1 Å². The highest BCUT2D eigenvalue weighted by Gasteiger charge is 2.11. The van der Waals surface area contributed by atoms with E-state index in [4.69, 9.17) is 5.11 Å². The summed E-state index contributed by atoms with van der Waals surface area (Å²) < 4.78 is 1.04. The summed E-state index contributed by atoms with van der Waals surface area (Å²) in [5.74, 6) is -0.126. The van der Waals surface area contributed by atoms with Gasteiger partial charge in [-0.3, -0.25) is 0 Å². The van der Waals surface area contributed by atoms with Gasteiger partial charge in [0, 0.05) is 17.2 Å². The highest BCUT2D eigenvalue weighted by atomic mass is 79.9. The zero-order chi connectivity index (χ0) is 14.5. The van der Waals surface area contributed by atoms with Crippen LogP contribution in [0.5, 0.6) is 0 Å². The van der Waals surface area contributed by atoms with E-state index in [9.17, 15) is 4.79 Å². The minimum absolute atomic E-state index is 0.0893. The first-order valence-electron chi connectivity index (χ1n) is 6.11. The summed E-state index contributed by atoms with van der Waals surface area (Å²) in [6.45, 7) is 2.34. The maximum absolute atomic E-state index is 11.1. The van der Waals surface area contributed by atoms with E-state index in [0.717, 1.165) is 10.9 Å². The van der Waals surface area contributed by atoms with Crippen LogP contribution in [-0.2, 0) is 6.42 Å². The summed E-state index contributed by atoms with van der Waals surface area (Å²) in [7, 11) is 0. The summed E-state index contributed by atoms with van der Waals surface area (Å²) in [5.41, 5.74) is 1.26. The molecule has 0 aliphatic rings. The molecule has 0 unspecified atom stereocenters. The van der Waals surface area contributed by atoms with Gasteiger partial charge < -0.3 is 10.4 Å². The molecule has 1 heterocycles. The molecule has 0 aliphatic carbocycles. The third kappa shape index (κ3) is 3.77. The van der Waals surface area contributed by atoms with Gasteiger partial charge in [-0.05, 0) is 31.0 Å². The molecule has 6 heteroatoms. The third-order valence-electron chi connectivity index (χ3n) is 2.76. The number of halogens is 1. The molecule has 104 valence electrons. The fourth-order valence-corrected chi connectivity index (χ4v) is 2.00. The third-order valence-corrected chi connectivity index (χ3v) is 3.29. The Labute approximate surface area is 125 Å². The smallest absolute Gasteiger partial charge is 0.341 e. The highest BCUT2D eigenvalue weighted by molar-refractivity contribution is 9.10. The Hall–Kier alpha value is -1.95. The normalized spacial score (nSPS) is 10.3. The molecule has 1 aromatic heterocycles. The first kappa shape index (κ1) is 14.5. The van der Waals surface area contributed by atoms with Gasteiger partial charge in [-0.1, -0.05) is 28.1 Å². The van der Waals surface area contributed by atoms with E-state index in [1.54, 1.807) is 6.92 Å². The van der Waals surface area contributed by atoms with E-state index in [1.165, 1.54) is 11.8 Å². The predicted molar refractivity (Wildman–Crippen MR) is 80.1 cm³/mol. The number of aryl methyl sites for hydroxylation is 1. The second-order valence-electron chi connectivity index (χ2n) is 4.29. The van der Waals surface area contributed by atoms with E-state index < -0.39 is 5.97 Å². The summed E-state index contributed by atoms with van der Waals surface area (Å²) in [5, 5.41) is 12.1. The van der Waals surface area contributed by atoms with Crippen molar-refractivity contribution in [3.63, 3.8) is 0 Å². The van der Waals surface area contributed by atoms with Crippen molar-refractivity contribution in [2.75, 3.05) is 11.9 Å². The van der Waals surface area contributed by atoms with Crippen molar-refractivity contribution >= 4 is 27.7 Å². The van der Waals surface area contributed by atoms with Crippen LogP contribution in [0.1, 0.15) is 21.7 Å². The van der Waals surface area contributed by atoms with E-state index in [-0.39, 0.29) is 5.56 Å². The average Bonchev–Trinajstić information content (AvgIpc) is 2.41. The van der Waals surface area contributed by atoms with Crippen LogP contribution in [0.2, 0.25) is 0 Å². The highest BCUT2D eigenvalue weighted by Crippen LogP contribution is 2.13. The summed E-state index contributed by atoms with van der Waals surface area (Å²) in [6.07, 6.45) is 2.11. The maximum Gasteiger partial charge on any atom is 0.341 e. The van der Waals surface area contributed by atoms with Gasteiger partial charge in [-0.15, -0.1) is 0 Å². The lowest BCUT2D eigenvalue weighted by atomic mass is 10.1. The number of hydrogen-bond donors (Lipinski definition) is 2. The Balaban J connectivity index is 2.02. The van der Waals surface area contributed by atoms with Crippen molar-refractivity contribution in [3.8, 4) is 0 Å². The largest absolute Gasteiger partial charge is 0.477 e. The zero-order valence-electron chi connectivity index (χ0n) is 10.9. The Morgan fingerprint density at radius 3 is 2.70 bits per heavy atom. The van der Waals surface area contributed by atoms with Gasteiger partial charge in [0.2, 0.25) is 0 Å². The van der Waals surface area contributed by atoms with Crippen LogP contribution in [0.3, 0.4) is 0 Å². The first-order chi connectivity index (χ1) is 9.56. The fraction of sp³-hybridized carbons (Fsp3) is 0.214. The number of carboxylic acid groups (broad SMARTS) is 1. The molecule has 2 N–H and O–H groups in total. The molecule has 0 aliphatic heterocycles. The van der Waals surface area contributed by atoms with Crippen molar-refractivity contribution < 1.29 is 9.90 Å². The molecule has 1 aromatic carbocycles. The van der Waals surface area contributed by atoms with E-state index in [0.29, 0.717) is 18.2 Å². The Morgan fingerprint density at radius 2 is 2.05 bits per heavy atom. The monoisotopic (exact) mass is 335 g/mol. The molecule has 0 spiro atoms. The second-order valence-corrected chi connectivity index (χ2v) is 5.20. The molecule has 20 heavy (non-hydrogen) atoms. The molecule has 2 rings (SSSR count). The van der Waals surface area contributed by atoms with Crippen LogP contribution >= 0.6 is 15.9 Å². The van der Waals surface area contributed by atoms with Crippen molar-refractivity contribution in [2.45, 2.75) is 13.3 Å². The molecular formula is C14H14BrN3O2. The molecular weight excluding hydrogens is 322 g/mol. The van der Waals surface area contributed by atoms with Gasteiger partial charge in [-0.2, -0.15) is 0 Å². The molecule has 5 nitrogen and oxygen atoms in total. The standard InChI is InChI=1S/C14H14BrN3O2/c1-9-17-8-12(14(19)20)13(18-9)16-7-6-10-2-4-11(15)5-3-10/h2-5,8H,6-7H2,1H3,(H,19,20)(H,16,17,18). The number of benzene rings is 1. The number of aromatic nitrogens is 2. The number of aromatic carboxylic acids is 1. The van der Waals surface area contributed by atoms with Gasteiger partial charge in [0.05, 0.1) is 0 Å². The van der Waals surface area contributed by atoms with Gasteiger partial charge in [0.15, 0.2) is 0 Å². The van der Waals surface area contributed by atoms with Crippen LogP contribution in [0.15, 0.2) is 34.9 Å². The van der Waals surface area contributed by atoms with Gasteiger partial charge in [0.25, 0.3) is 0 Å². The molecule has 0 atom stereocenters. The van der Waals surface area contributed by atoms with Crippen LogP contribution in [-0.4, -0.2) is 27.6 Å². The minimum atomic E-state index is -1.03. The van der Waals surface area contributed by atoms with Crippen LogP contribution in [0.25, 0.3) is 0 Å². The first-order valence-corrected chi connectivity index (χ1v) is 6.91. The second kappa shape index (κ2) is 6.47. The number of nitrogens with one attached hydrogen (secondary N) is 1. The number of nitrogens with zero attached hydrogens (tertiary/aromatic N) is 2. The predicted octanol–water partition coefficient (Wildman–Crippen LogP) is 2.90. The van der Waals surface area contributed by atoms with E-state index in [1.807, 2.05) is 24.3 Å². The van der Waals surface area contributed by atoms with Gasteiger partial charge >= 0.3 is 5.97 Å². The van der Waals surface area contributed by atoms with Crippen molar-refractivity contribution in [1.29, 1.82) is 0 Å². The molecule has 0 amide bonds. The Bertz CT molecular complexity index is 614. The number of anilines is 1. The maximum atomic E-state index is 11.1. The number of hydrogen-bond acceptors (Lipinski definition) is 4. The lowest BCUT2D eigenvalue weighted by molar-refractivity contribution is 0.0697. The summed E-state index contributed by atoms with van der Waals surface area (Å²) in [6, 6.07) is 8.00. The molecule has 0 fully saturated rings. The SMILES string of the molecule is Cc1ncc(C(=O)O)c(NCCc2ccc(Br)cc2)n1. The number of carbonyl (C=O) groups is 1. The average molecular weight is 336 g/mol. The van der Waals surface area contributed by atoms with Crippen LogP contribution < -0.4 is 5.32 Å². The zero-order valence-corrected chi connectivity index (χ0v) is 12.5. The Morgan fingerprint density at radius 1 is 1.35 bits per heavy atom. The molecule has 0 radical (unpaired) electrons. The van der Waals surface area contributed by atoms with Crippen LogP contribution in [0, 0.1) is 6.92 Å². The minimum Gasteiger partial charge on any atom is -0.477 e. The van der Waals surface area contributed by atoms with E-state index in [2.05, 4.69) is 31.2 Å². The van der Waals surface area contributed by atoms with Crippen molar-refractivity contribution in [3.05, 3.63) is 51.9 Å². The van der Waals surface area contributed by atoms with Crippen LogP contribution in [0.4, 0.5) is 5.82 Å². The lowest BCUT2D eigenvalue weighted by Crippen LogP contribution is -2.12. The van der Waals surface area contributed by atoms with Crippen molar-refractivity contribution in [1.82, 2.24) is 9.97 Å². The van der Waals surface area contributed by atoms with E-state index >= 15 is 0 Å². The van der Waals surface area contributed by atoms with Gasteiger partial charge in [0.1, 0.15) is 17.2 Å². The Kier molecular flexibility index (Phi) is 4.68. The summed E-state index contributed by atoms with van der Waals surface area (Å²) in [4.78, 5) is 19.1. The molecule has 0 saturated carbocycles. The number of rotatable bonds is 5. The lowest BCUT2D eigenvalue weighted by Gasteiger charge is -2.09. The van der Waals surface area contributed by atoms with Crippen molar-refractivity contribution in [2.24, 2.45) is 0 Å². The molecule has 0 bridgehead atoms. The molecule has 2 aromatic rings. The van der Waals surface area contributed by atoms with Gasteiger partial charge in [-0.25, -0.2) is 14.8 Å². The number of carboxylic acids is 1.